The highest BCUT2D eigenvalue weighted by atomic mass is 16.5. The van der Waals surface area contributed by atoms with Crippen LogP contribution in [0, 0.1) is 23.7 Å². The minimum atomic E-state index is -0.0103. The van der Waals surface area contributed by atoms with Gasteiger partial charge in [-0.15, -0.1) is 0 Å². The van der Waals surface area contributed by atoms with E-state index in [0.717, 1.165) is 24.1 Å². The molecule has 3 nitrogen and oxygen atoms in total. The lowest BCUT2D eigenvalue weighted by Gasteiger charge is -2.41. The largest absolute Gasteiger partial charge is 0.497 e. The third-order valence-corrected chi connectivity index (χ3v) is 7.77. The van der Waals surface area contributed by atoms with Crippen molar-refractivity contribution < 1.29 is 9.47 Å². The highest BCUT2D eigenvalue weighted by Crippen LogP contribution is 2.62. The van der Waals surface area contributed by atoms with E-state index in [4.69, 9.17) is 9.47 Å². The van der Waals surface area contributed by atoms with Crippen molar-refractivity contribution in [2.45, 2.75) is 58.3 Å². The molecule has 0 amide bonds. The summed E-state index contributed by atoms with van der Waals surface area (Å²) in [5.74, 6) is 3.79. The van der Waals surface area contributed by atoms with E-state index in [2.05, 4.69) is 44.7 Å². The average molecular weight is 344 g/mol. The third-order valence-electron chi connectivity index (χ3n) is 7.77. The van der Waals surface area contributed by atoms with Crippen molar-refractivity contribution in [3.8, 4) is 5.75 Å². The standard InChI is InChI=1S/C22H33NO2/c1-15(2)22(25-13-17-6-8-18(24-5)9-7-17)14-23-12-16(3)19-10-11-20(22)21(19,23)4/h6-9,15-16,19-20H,10-14H2,1-5H3/t16-,19+,20+,21-,22+/m1/s1. The zero-order chi connectivity index (χ0) is 17.8. The summed E-state index contributed by atoms with van der Waals surface area (Å²) in [5, 5.41) is 0. The molecule has 3 aliphatic rings. The van der Waals surface area contributed by atoms with Gasteiger partial charge < -0.3 is 9.47 Å². The van der Waals surface area contributed by atoms with Gasteiger partial charge in [-0.3, -0.25) is 4.90 Å². The summed E-state index contributed by atoms with van der Waals surface area (Å²) in [7, 11) is 1.71. The second kappa shape index (κ2) is 5.99. The molecule has 0 radical (unpaired) electrons. The average Bonchev–Trinajstić information content (AvgIpc) is 3.16. The van der Waals surface area contributed by atoms with E-state index in [1.54, 1.807) is 7.11 Å². The first-order chi connectivity index (χ1) is 11.9. The Labute approximate surface area is 152 Å². The van der Waals surface area contributed by atoms with Gasteiger partial charge in [0, 0.05) is 24.5 Å². The molecule has 4 rings (SSSR count). The molecule has 0 N–H and O–H groups in total. The van der Waals surface area contributed by atoms with E-state index in [1.165, 1.54) is 24.9 Å². The van der Waals surface area contributed by atoms with Crippen LogP contribution in [0.15, 0.2) is 24.3 Å². The Balaban J connectivity index is 1.57. The summed E-state index contributed by atoms with van der Waals surface area (Å²) >= 11 is 0. The number of ether oxygens (including phenoxy) is 2. The maximum Gasteiger partial charge on any atom is 0.118 e. The van der Waals surface area contributed by atoms with Gasteiger partial charge in [0.15, 0.2) is 0 Å². The Morgan fingerprint density at radius 3 is 2.56 bits per heavy atom. The zero-order valence-corrected chi connectivity index (χ0v) is 16.4. The molecule has 1 saturated carbocycles. The van der Waals surface area contributed by atoms with Crippen molar-refractivity contribution in [3.05, 3.63) is 29.8 Å². The molecular weight excluding hydrogens is 310 g/mol. The van der Waals surface area contributed by atoms with Crippen molar-refractivity contribution in [1.82, 2.24) is 4.90 Å². The predicted molar refractivity (Wildman–Crippen MR) is 101 cm³/mol. The van der Waals surface area contributed by atoms with Gasteiger partial charge in [0.25, 0.3) is 0 Å². The van der Waals surface area contributed by atoms with E-state index >= 15 is 0 Å². The Bertz CT molecular complexity index is 627. The van der Waals surface area contributed by atoms with Gasteiger partial charge in [-0.2, -0.15) is 0 Å². The predicted octanol–water partition coefficient (Wildman–Crippen LogP) is 4.36. The first-order valence-corrected chi connectivity index (χ1v) is 9.93. The fourth-order valence-electron chi connectivity index (χ4n) is 6.40. The van der Waals surface area contributed by atoms with E-state index < -0.39 is 0 Å². The van der Waals surface area contributed by atoms with Crippen molar-refractivity contribution in [1.29, 1.82) is 0 Å². The van der Waals surface area contributed by atoms with Gasteiger partial charge in [0.2, 0.25) is 0 Å². The zero-order valence-electron chi connectivity index (χ0n) is 16.4. The SMILES string of the molecule is COc1ccc(CO[C@]2(C(C)C)CN3C[C@@H](C)[C@@H]4CC[C@H]2[C@@]43C)cc1. The highest BCUT2D eigenvalue weighted by Gasteiger charge is 2.69. The van der Waals surface area contributed by atoms with Crippen LogP contribution < -0.4 is 4.74 Å². The maximum atomic E-state index is 6.80. The molecule has 0 unspecified atom stereocenters. The molecule has 1 aromatic rings. The molecule has 1 aromatic carbocycles. The van der Waals surface area contributed by atoms with Crippen LogP contribution in [0.3, 0.4) is 0 Å². The lowest BCUT2D eigenvalue weighted by Crippen LogP contribution is -2.48. The Morgan fingerprint density at radius 2 is 1.92 bits per heavy atom. The molecule has 0 spiro atoms. The molecule has 3 fully saturated rings. The smallest absolute Gasteiger partial charge is 0.118 e. The number of benzene rings is 1. The highest BCUT2D eigenvalue weighted by molar-refractivity contribution is 5.27. The second-order valence-corrected chi connectivity index (χ2v) is 9.07. The minimum absolute atomic E-state index is 0.0103. The Morgan fingerprint density at radius 1 is 1.20 bits per heavy atom. The molecule has 0 bridgehead atoms. The van der Waals surface area contributed by atoms with Gasteiger partial charge in [-0.1, -0.05) is 32.9 Å². The summed E-state index contributed by atoms with van der Waals surface area (Å²) in [6.07, 6.45) is 2.70. The summed E-state index contributed by atoms with van der Waals surface area (Å²) in [5.41, 5.74) is 1.58. The quantitative estimate of drug-likeness (QED) is 0.793. The molecule has 2 aliphatic heterocycles. The van der Waals surface area contributed by atoms with Crippen molar-refractivity contribution in [2.24, 2.45) is 23.7 Å². The lowest BCUT2D eigenvalue weighted by molar-refractivity contribution is -0.111. The van der Waals surface area contributed by atoms with E-state index in [0.29, 0.717) is 24.0 Å². The topological polar surface area (TPSA) is 21.7 Å². The van der Waals surface area contributed by atoms with Gasteiger partial charge >= 0.3 is 0 Å². The maximum absolute atomic E-state index is 6.80. The number of nitrogens with zero attached hydrogens (tertiary/aromatic N) is 1. The fraction of sp³-hybridized carbons (Fsp3) is 0.727. The van der Waals surface area contributed by atoms with Crippen LogP contribution in [0.1, 0.15) is 46.1 Å². The van der Waals surface area contributed by atoms with Crippen molar-refractivity contribution >= 4 is 0 Å². The third kappa shape index (κ3) is 2.39. The normalized spacial score (nSPS) is 40.0. The summed E-state index contributed by atoms with van der Waals surface area (Å²) in [6.45, 7) is 12.7. The summed E-state index contributed by atoms with van der Waals surface area (Å²) < 4.78 is 12.1. The summed E-state index contributed by atoms with van der Waals surface area (Å²) in [6, 6.07) is 8.32. The van der Waals surface area contributed by atoms with Crippen LogP contribution in [0.25, 0.3) is 0 Å². The van der Waals surface area contributed by atoms with Gasteiger partial charge in [-0.05, 0) is 55.2 Å². The van der Waals surface area contributed by atoms with Crippen LogP contribution in [0.2, 0.25) is 0 Å². The molecule has 5 atom stereocenters. The van der Waals surface area contributed by atoms with Gasteiger partial charge in [-0.25, -0.2) is 0 Å². The van der Waals surface area contributed by atoms with E-state index in [1.807, 2.05) is 12.1 Å². The minimum Gasteiger partial charge on any atom is -0.497 e. The van der Waals surface area contributed by atoms with Crippen LogP contribution in [-0.2, 0) is 11.3 Å². The first kappa shape index (κ1) is 17.4. The van der Waals surface area contributed by atoms with Gasteiger partial charge in [0.05, 0.1) is 19.3 Å². The Hall–Kier alpha value is -1.06. The molecule has 3 heteroatoms. The fourth-order valence-corrected chi connectivity index (χ4v) is 6.40. The number of hydrogen-bond acceptors (Lipinski definition) is 3. The van der Waals surface area contributed by atoms with E-state index in [-0.39, 0.29) is 5.60 Å². The van der Waals surface area contributed by atoms with Crippen LogP contribution in [0.4, 0.5) is 0 Å². The first-order valence-electron chi connectivity index (χ1n) is 9.93. The number of methoxy groups -OCH3 is 1. The molecule has 138 valence electrons. The van der Waals surface area contributed by atoms with E-state index in [9.17, 15) is 0 Å². The molecule has 2 heterocycles. The van der Waals surface area contributed by atoms with Crippen molar-refractivity contribution in [2.75, 3.05) is 20.2 Å². The molecule has 25 heavy (non-hydrogen) atoms. The molecule has 0 aromatic heterocycles. The number of rotatable bonds is 5. The number of hydrogen-bond donors (Lipinski definition) is 0. The monoisotopic (exact) mass is 343 g/mol. The molecule has 1 aliphatic carbocycles. The Kier molecular flexibility index (Phi) is 4.16. The second-order valence-electron chi connectivity index (χ2n) is 9.07. The molecule has 2 saturated heterocycles. The van der Waals surface area contributed by atoms with Crippen LogP contribution >= 0.6 is 0 Å². The summed E-state index contributed by atoms with van der Waals surface area (Å²) in [4.78, 5) is 2.77. The lowest BCUT2D eigenvalue weighted by atomic mass is 9.72. The van der Waals surface area contributed by atoms with Crippen molar-refractivity contribution in [3.63, 3.8) is 0 Å². The van der Waals surface area contributed by atoms with Crippen LogP contribution in [0.5, 0.6) is 5.75 Å². The molecular formula is C22H33NO2. The van der Waals surface area contributed by atoms with Crippen LogP contribution in [-0.4, -0.2) is 36.2 Å². The van der Waals surface area contributed by atoms with Gasteiger partial charge in [0.1, 0.15) is 5.75 Å².